The molecule has 1 aromatic heterocycles. The molecule has 2 aromatic carbocycles. The molecule has 1 amide bonds. The molecule has 0 spiro atoms. The second-order valence-electron chi connectivity index (χ2n) is 7.08. The van der Waals surface area contributed by atoms with E-state index in [4.69, 9.17) is 16.1 Å². The predicted molar refractivity (Wildman–Crippen MR) is 103 cm³/mol. The van der Waals surface area contributed by atoms with Gasteiger partial charge >= 0.3 is 0 Å². The van der Waals surface area contributed by atoms with Crippen LogP contribution < -0.4 is 0 Å². The second-order valence-corrected chi connectivity index (χ2v) is 7.52. The lowest BCUT2D eigenvalue weighted by Crippen LogP contribution is -2.39. The third kappa shape index (κ3) is 4.45. The van der Waals surface area contributed by atoms with Gasteiger partial charge in [-0.05, 0) is 61.2 Å². The van der Waals surface area contributed by atoms with Crippen LogP contribution in [0.2, 0.25) is 5.02 Å². The summed E-state index contributed by atoms with van der Waals surface area (Å²) in [6, 6.07) is 9.88. The molecule has 8 heteroatoms. The molecule has 29 heavy (non-hydrogen) atoms. The maximum atomic E-state index is 13.9. The van der Waals surface area contributed by atoms with Crippen LogP contribution in [0.3, 0.4) is 0 Å². The summed E-state index contributed by atoms with van der Waals surface area (Å²) in [7, 11) is 0. The van der Waals surface area contributed by atoms with Crippen molar-refractivity contribution in [2.24, 2.45) is 5.92 Å². The van der Waals surface area contributed by atoms with Crippen LogP contribution in [0.25, 0.3) is 11.4 Å². The van der Waals surface area contributed by atoms with Gasteiger partial charge in [0.1, 0.15) is 11.6 Å². The molecule has 0 saturated carbocycles. The number of carbonyl (C=O) groups excluding carboxylic acids is 1. The number of hydrogen-bond donors (Lipinski definition) is 0. The van der Waals surface area contributed by atoms with Crippen LogP contribution in [0.15, 0.2) is 47.0 Å². The van der Waals surface area contributed by atoms with Gasteiger partial charge in [0.05, 0.1) is 5.56 Å². The van der Waals surface area contributed by atoms with Gasteiger partial charge in [-0.25, -0.2) is 8.78 Å². The lowest BCUT2D eigenvalue weighted by Gasteiger charge is -2.31. The van der Waals surface area contributed by atoms with Crippen LogP contribution in [0.4, 0.5) is 8.78 Å². The third-order valence-electron chi connectivity index (χ3n) is 5.09. The quantitative estimate of drug-likeness (QED) is 0.614. The smallest absolute Gasteiger partial charge is 0.256 e. The Labute approximate surface area is 171 Å². The number of hydrogen-bond acceptors (Lipinski definition) is 4. The molecular weight excluding hydrogens is 400 g/mol. The molecular formula is C21H18ClF2N3O2. The van der Waals surface area contributed by atoms with E-state index < -0.39 is 5.82 Å². The maximum absolute atomic E-state index is 13.9. The maximum Gasteiger partial charge on any atom is 0.256 e. The van der Waals surface area contributed by atoms with Crippen molar-refractivity contribution < 1.29 is 18.1 Å². The fourth-order valence-electron chi connectivity index (χ4n) is 3.47. The van der Waals surface area contributed by atoms with E-state index in [1.54, 1.807) is 17.0 Å². The molecule has 1 aliphatic heterocycles. The molecule has 0 N–H and O–H groups in total. The number of nitrogens with zero attached hydrogens (tertiary/aromatic N) is 3. The first-order valence-electron chi connectivity index (χ1n) is 9.32. The fraction of sp³-hybridized carbons (Fsp3) is 0.286. The Balaban J connectivity index is 1.35. The summed E-state index contributed by atoms with van der Waals surface area (Å²) < 4.78 is 32.3. The highest BCUT2D eigenvalue weighted by molar-refractivity contribution is 6.31. The van der Waals surface area contributed by atoms with Gasteiger partial charge in [0.25, 0.3) is 5.91 Å². The van der Waals surface area contributed by atoms with Gasteiger partial charge in [0, 0.05) is 30.1 Å². The van der Waals surface area contributed by atoms with Crippen LogP contribution in [0.1, 0.15) is 29.1 Å². The average Bonchev–Trinajstić information content (AvgIpc) is 3.19. The van der Waals surface area contributed by atoms with Gasteiger partial charge in [0.15, 0.2) is 0 Å². The molecule has 0 bridgehead atoms. The minimum atomic E-state index is -0.569. The van der Waals surface area contributed by atoms with Gasteiger partial charge in [0.2, 0.25) is 11.7 Å². The van der Waals surface area contributed by atoms with Crippen molar-refractivity contribution in [3.8, 4) is 11.4 Å². The molecule has 150 valence electrons. The van der Waals surface area contributed by atoms with Crippen molar-refractivity contribution in [2.45, 2.75) is 19.3 Å². The third-order valence-corrected chi connectivity index (χ3v) is 5.33. The van der Waals surface area contributed by atoms with E-state index in [9.17, 15) is 13.6 Å². The number of carbonyl (C=O) groups is 1. The molecule has 0 atom stereocenters. The van der Waals surface area contributed by atoms with Crippen LogP contribution in [-0.2, 0) is 6.42 Å². The molecule has 0 aliphatic carbocycles. The topological polar surface area (TPSA) is 59.2 Å². The highest BCUT2D eigenvalue weighted by atomic mass is 35.5. The van der Waals surface area contributed by atoms with Gasteiger partial charge in [-0.3, -0.25) is 4.79 Å². The number of amides is 1. The van der Waals surface area contributed by atoms with Gasteiger partial charge in [-0.1, -0.05) is 16.8 Å². The standard InChI is InChI=1S/C21H18ClF2N3O2/c22-15-3-6-18(24)17(12-15)21(28)27-9-7-13(8-10-27)11-19-25-20(26-29-19)14-1-4-16(23)5-2-14/h1-6,12-13H,7-11H2. The molecule has 1 aliphatic rings. The molecule has 5 nitrogen and oxygen atoms in total. The fourth-order valence-corrected chi connectivity index (χ4v) is 3.64. The van der Waals surface area contributed by atoms with Gasteiger partial charge in [-0.15, -0.1) is 0 Å². The molecule has 1 saturated heterocycles. The van der Waals surface area contributed by atoms with Gasteiger partial charge in [-0.2, -0.15) is 4.98 Å². The van der Waals surface area contributed by atoms with Crippen LogP contribution >= 0.6 is 11.6 Å². The normalized spacial score (nSPS) is 14.9. The molecule has 4 rings (SSSR count). The van der Waals surface area contributed by atoms with Crippen molar-refractivity contribution in [3.63, 3.8) is 0 Å². The highest BCUT2D eigenvalue weighted by Crippen LogP contribution is 2.25. The van der Waals surface area contributed by atoms with Crippen LogP contribution in [0.5, 0.6) is 0 Å². The SMILES string of the molecule is O=C(c1cc(Cl)ccc1F)N1CCC(Cc2nc(-c3ccc(F)cc3)no2)CC1. The molecule has 0 unspecified atom stereocenters. The molecule has 0 radical (unpaired) electrons. The summed E-state index contributed by atoms with van der Waals surface area (Å²) in [5.41, 5.74) is 0.683. The summed E-state index contributed by atoms with van der Waals surface area (Å²) in [5, 5.41) is 4.29. The molecule has 1 fully saturated rings. The summed E-state index contributed by atoms with van der Waals surface area (Å²) in [5.74, 6) is -0.0271. The van der Waals surface area contributed by atoms with E-state index in [-0.39, 0.29) is 23.2 Å². The van der Waals surface area contributed by atoms with E-state index >= 15 is 0 Å². The first kappa shape index (κ1) is 19.5. The number of piperidine rings is 1. The monoisotopic (exact) mass is 417 g/mol. The Morgan fingerprint density at radius 3 is 2.59 bits per heavy atom. The Hall–Kier alpha value is -2.80. The van der Waals surface area contributed by atoms with E-state index in [1.807, 2.05) is 0 Å². The van der Waals surface area contributed by atoms with Gasteiger partial charge < -0.3 is 9.42 Å². The second kappa shape index (κ2) is 8.29. The number of halogens is 3. The summed E-state index contributed by atoms with van der Waals surface area (Å²) >= 11 is 5.89. The van der Waals surface area contributed by atoms with Crippen molar-refractivity contribution in [1.82, 2.24) is 15.0 Å². The van der Waals surface area contributed by atoms with E-state index in [1.165, 1.54) is 30.3 Å². The molecule has 3 aromatic rings. The Kier molecular flexibility index (Phi) is 5.58. The Morgan fingerprint density at radius 2 is 1.86 bits per heavy atom. The van der Waals surface area contributed by atoms with E-state index in [0.717, 1.165) is 12.8 Å². The number of rotatable bonds is 4. The Morgan fingerprint density at radius 1 is 1.14 bits per heavy atom. The summed E-state index contributed by atoms with van der Waals surface area (Å²) in [4.78, 5) is 18.6. The van der Waals surface area contributed by atoms with Crippen LogP contribution in [-0.4, -0.2) is 34.0 Å². The van der Waals surface area contributed by atoms with Crippen molar-refractivity contribution in [3.05, 3.63) is 70.6 Å². The lowest BCUT2D eigenvalue weighted by molar-refractivity contribution is 0.0682. The van der Waals surface area contributed by atoms with Crippen molar-refractivity contribution in [1.29, 1.82) is 0 Å². The molecule has 2 heterocycles. The average molecular weight is 418 g/mol. The Bertz CT molecular complexity index is 1020. The minimum Gasteiger partial charge on any atom is -0.339 e. The minimum absolute atomic E-state index is 0.00297. The zero-order chi connectivity index (χ0) is 20.4. The lowest BCUT2D eigenvalue weighted by atomic mass is 9.93. The van der Waals surface area contributed by atoms with E-state index in [2.05, 4.69) is 10.1 Å². The number of benzene rings is 2. The van der Waals surface area contributed by atoms with Crippen molar-refractivity contribution in [2.75, 3.05) is 13.1 Å². The largest absolute Gasteiger partial charge is 0.339 e. The first-order valence-corrected chi connectivity index (χ1v) is 9.70. The summed E-state index contributed by atoms with van der Waals surface area (Å²) in [6.45, 7) is 1.04. The number of aromatic nitrogens is 2. The highest BCUT2D eigenvalue weighted by Gasteiger charge is 2.26. The number of likely N-dealkylation sites (tertiary alicyclic amines) is 1. The zero-order valence-corrected chi connectivity index (χ0v) is 16.2. The zero-order valence-electron chi connectivity index (χ0n) is 15.4. The first-order chi connectivity index (χ1) is 14.0. The summed E-state index contributed by atoms with van der Waals surface area (Å²) in [6.07, 6.45) is 2.10. The van der Waals surface area contributed by atoms with E-state index in [0.29, 0.717) is 41.8 Å². The van der Waals surface area contributed by atoms with Crippen LogP contribution in [0, 0.1) is 17.6 Å². The van der Waals surface area contributed by atoms with Crippen molar-refractivity contribution >= 4 is 17.5 Å². The predicted octanol–water partition coefficient (Wildman–Crippen LogP) is 4.76.